The molecule has 0 unspecified atom stereocenters. The molecule has 2 aromatic heterocycles. The number of nitrogens with zero attached hydrogens (tertiary/aromatic N) is 5. The molecule has 0 atom stereocenters. The highest BCUT2D eigenvalue weighted by Crippen LogP contribution is 2.23. The zero-order chi connectivity index (χ0) is 21.0. The molecule has 0 fully saturated rings. The first kappa shape index (κ1) is 20.1. The number of halogens is 1. The topological polar surface area (TPSA) is 105 Å². The fourth-order valence-corrected chi connectivity index (χ4v) is 4.47. The third-order valence-electron chi connectivity index (χ3n) is 4.45. The van der Waals surface area contributed by atoms with Gasteiger partial charge in [0, 0.05) is 36.1 Å². The lowest BCUT2D eigenvalue weighted by molar-refractivity contribution is 0.400. The van der Waals surface area contributed by atoms with Crippen LogP contribution in [0.5, 0.6) is 0 Å². The number of hydrogen-bond donors (Lipinski definition) is 1. The molecule has 4 aromatic rings. The minimum atomic E-state index is -3.76. The molecule has 152 valence electrons. The van der Waals surface area contributed by atoms with Crippen molar-refractivity contribution in [3.8, 4) is 11.4 Å². The molecular formula is C20H17ClN6O2S. The van der Waals surface area contributed by atoms with E-state index < -0.39 is 10.0 Å². The summed E-state index contributed by atoms with van der Waals surface area (Å²) < 4.78 is 28.1. The predicted molar refractivity (Wildman–Crippen MR) is 112 cm³/mol. The second-order valence-corrected chi connectivity index (χ2v) is 8.89. The van der Waals surface area contributed by atoms with Gasteiger partial charge < -0.3 is 0 Å². The van der Waals surface area contributed by atoms with Crippen molar-refractivity contribution in [3.05, 3.63) is 89.2 Å². The summed E-state index contributed by atoms with van der Waals surface area (Å²) in [6, 6.07) is 17.1. The lowest BCUT2D eigenvalue weighted by atomic mass is 10.1. The number of nitrogens with one attached hydrogen (secondary N) is 1. The number of hydrogen-bond acceptors (Lipinski definition) is 6. The molecule has 0 aliphatic heterocycles. The first-order valence-corrected chi connectivity index (χ1v) is 10.8. The van der Waals surface area contributed by atoms with Gasteiger partial charge in [0.05, 0.1) is 4.90 Å². The fourth-order valence-electron chi connectivity index (χ4n) is 2.92. The van der Waals surface area contributed by atoms with Crippen molar-refractivity contribution in [2.24, 2.45) is 0 Å². The van der Waals surface area contributed by atoms with Gasteiger partial charge in [-0.3, -0.25) is 4.98 Å². The molecule has 0 saturated carbocycles. The summed E-state index contributed by atoms with van der Waals surface area (Å²) in [5.41, 5.74) is 2.40. The van der Waals surface area contributed by atoms with Gasteiger partial charge in [0.25, 0.3) is 0 Å². The van der Waals surface area contributed by atoms with Crippen LogP contribution in [0.1, 0.15) is 11.1 Å². The minimum Gasteiger partial charge on any atom is -0.264 e. The van der Waals surface area contributed by atoms with Crippen LogP contribution in [0.4, 0.5) is 0 Å². The molecule has 2 heterocycles. The highest BCUT2D eigenvalue weighted by molar-refractivity contribution is 7.89. The van der Waals surface area contributed by atoms with Crippen molar-refractivity contribution in [3.63, 3.8) is 0 Å². The van der Waals surface area contributed by atoms with Crippen molar-refractivity contribution in [2.45, 2.75) is 18.0 Å². The predicted octanol–water partition coefficient (Wildman–Crippen LogP) is 3.31. The normalized spacial score (nSPS) is 11.7. The lowest BCUT2D eigenvalue weighted by Crippen LogP contribution is -2.30. The molecule has 8 nitrogen and oxygen atoms in total. The van der Waals surface area contributed by atoms with Gasteiger partial charge in [0.2, 0.25) is 15.8 Å². The Kier molecular flexibility index (Phi) is 5.84. The zero-order valence-corrected chi connectivity index (χ0v) is 17.3. The summed E-state index contributed by atoms with van der Waals surface area (Å²) in [5.74, 6) is 0.475. The van der Waals surface area contributed by atoms with Gasteiger partial charge >= 0.3 is 0 Å². The Morgan fingerprint density at radius 3 is 2.30 bits per heavy atom. The Bertz CT molecular complexity index is 1200. The number of benzene rings is 2. The standard InChI is InChI=1S/C20H17ClN6O2S/c21-18-7-9-19(10-8-18)30(28,29)27(14-16-2-1-11-22-12-16)13-15-3-5-17(6-4-15)20-23-25-26-24-20/h1-12H,13-14H2,(H,23,24,25,26). The van der Waals surface area contributed by atoms with Crippen molar-refractivity contribution in [1.82, 2.24) is 29.9 Å². The van der Waals surface area contributed by atoms with Gasteiger partial charge in [-0.05, 0) is 46.7 Å². The van der Waals surface area contributed by atoms with Crippen LogP contribution in [0.25, 0.3) is 11.4 Å². The van der Waals surface area contributed by atoms with E-state index in [0.29, 0.717) is 10.8 Å². The maximum absolute atomic E-state index is 13.3. The minimum absolute atomic E-state index is 0.180. The third kappa shape index (κ3) is 4.54. The summed E-state index contributed by atoms with van der Waals surface area (Å²) in [7, 11) is -3.76. The van der Waals surface area contributed by atoms with E-state index in [1.165, 1.54) is 16.4 Å². The van der Waals surface area contributed by atoms with Crippen molar-refractivity contribution in [1.29, 1.82) is 0 Å². The maximum atomic E-state index is 13.3. The van der Waals surface area contributed by atoms with Crippen LogP contribution >= 0.6 is 11.6 Å². The number of aromatic amines is 1. The third-order valence-corrected chi connectivity index (χ3v) is 6.51. The highest BCUT2D eigenvalue weighted by Gasteiger charge is 2.25. The molecule has 0 bridgehead atoms. The van der Waals surface area contributed by atoms with E-state index in [4.69, 9.17) is 11.6 Å². The molecule has 0 radical (unpaired) electrons. The second-order valence-electron chi connectivity index (χ2n) is 6.52. The van der Waals surface area contributed by atoms with E-state index in [0.717, 1.165) is 16.7 Å². The summed E-state index contributed by atoms with van der Waals surface area (Å²) >= 11 is 5.92. The number of pyridine rings is 1. The first-order valence-electron chi connectivity index (χ1n) is 9.00. The van der Waals surface area contributed by atoms with Crippen LogP contribution in [-0.4, -0.2) is 38.3 Å². The maximum Gasteiger partial charge on any atom is 0.243 e. The van der Waals surface area contributed by atoms with Crippen molar-refractivity contribution >= 4 is 21.6 Å². The van der Waals surface area contributed by atoms with Gasteiger partial charge in [-0.1, -0.05) is 41.9 Å². The van der Waals surface area contributed by atoms with E-state index in [1.54, 1.807) is 30.6 Å². The van der Waals surface area contributed by atoms with Gasteiger partial charge in [0.15, 0.2) is 0 Å². The summed E-state index contributed by atoms with van der Waals surface area (Å²) in [6.07, 6.45) is 3.31. The molecule has 0 spiro atoms. The van der Waals surface area contributed by atoms with Crippen LogP contribution in [-0.2, 0) is 23.1 Å². The monoisotopic (exact) mass is 440 g/mol. The number of aromatic nitrogens is 5. The van der Waals surface area contributed by atoms with Crippen LogP contribution in [0.15, 0.2) is 78.0 Å². The quantitative estimate of drug-likeness (QED) is 0.472. The number of tetrazole rings is 1. The Morgan fingerprint density at radius 2 is 1.67 bits per heavy atom. The zero-order valence-electron chi connectivity index (χ0n) is 15.7. The van der Waals surface area contributed by atoms with Gasteiger partial charge in [-0.25, -0.2) is 8.42 Å². The number of H-pyrrole nitrogens is 1. The van der Waals surface area contributed by atoms with Crippen LogP contribution in [0.3, 0.4) is 0 Å². The summed E-state index contributed by atoms with van der Waals surface area (Å²) in [6.45, 7) is 0.373. The second kappa shape index (κ2) is 8.70. The molecule has 0 aliphatic carbocycles. The van der Waals surface area contributed by atoms with Crippen LogP contribution in [0, 0.1) is 0 Å². The van der Waals surface area contributed by atoms with Gasteiger partial charge in [-0.15, -0.1) is 10.2 Å². The number of sulfonamides is 1. The van der Waals surface area contributed by atoms with E-state index in [1.807, 2.05) is 30.3 Å². The SMILES string of the molecule is O=S(=O)(c1ccc(Cl)cc1)N(Cc1ccc(-c2nn[nH]n2)cc1)Cc1cccnc1. The Labute approximate surface area is 178 Å². The van der Waals surface area contributed by atoms with E-state index in [2.05, 4.69) is 25.6 Å². The molecule has 0 saturated heterocycles. The molecule has 10 heteroatoms. The Morgan fingerprint density at radius 1 is 0.933 bits per heavy atom. The molecular weight excluding hydrogens is 424 g/mol. The molecule has 1 N–H and O–H groups in total. The average molecular weight is 441 g/mol. The number of rotatable bonds is 7. The summed E-state index contributed by atoms with van der Waals surface area (Å²) in [5, 5.41) is 14.3. The van der Waals surface area contributed by atoms with Gasteiger partial charge in [-0.2, -0.15) is 9.52 Å². The van der Waals surface area contributed by atoms with E-state index >= 15 is 0 Å². The lowest BCUT2D eigenvalue weighted by Gasteiger charge is -2.22. The average Bonchev–Trinajstić information content (AvgIpc) is 3.30. The molecule has 30 heavy (non-hydrogen) atoms. The van der Waals surface area contributed by atoms with Crippen molar-refractivity contribution < 1.29 is 8.42 Å². The largest absolute Gasteiger partial charge is 0.264 e. The Balaban J connectivity index is 1.64. The molecule has 0 amide bonds. The summed E-state index contributed by atoms with van der Waals surface area (Å²) in [4.78, 5) is 4.27. The van der Waals surface area contributed by atoms with Gasteiger partial charge in [0.1, 0.15) is 0 Å². The molecule has 4 rings (SSSR count). The van der Waals surface area contributed by atoms with E-state index in [-0.39, 0.29) is 18.0 Å². The molecule has 2 aromatic carbocycles. The molecule has 0 aliphatic rings. The highest BCUT2D eigenvalue weighted by atomic mass is 35.5. The first-order chi connectivity index (χ1) is 14.5. The van der Waals surface area contributed by atoms with Crippen molar-refractivity contribution in [2.75, 3.05) is 0 Å². The Hall–Kier alpha value is -3.14. The fraction of sp³-hybridized carbons (Fsp3) is 0.100. The van der Waals surface area contributed by atoms with Crippen LogP contribution < -0.4 is 0 Å². The smallest absolute Gasteiger partial charge is 0.243 e. The van der Waals surface area contributed by atoms with Crippen LogP contribution in [0.2, 0.25) is 5.02 Å². The van der Waals surface area contributed by atoms with E-state index in [9.17, 15) is 8.42 Å².